The first-order chi connectivity index (χ1) is 17.3. The van der Waals surface area contributed by atoms with Crippen molar-refractivity contribution in [3.8, 4) is 11.3 Å². The first kappa shape index (κ1) is 26.2. The summed E-state index contributed by atoms with van der Waals surface area (Å²) in [6, 6.07) is 22.0. The highest BCUT2D eigenvalue weighted by atomic mass is 35.5. The van der Waals surface area contributed by atoms with Crippen LogP contribution < -0.4 is 10.2 Å². The van der Waals surface area contributed by atoms with Gasteiger partial charge in [0.25, 0.3) is 0 Å². The van der Waals surface area contributed by atoms with E-state index in [4.69, 9.17) is 0 Å². The number of benzene rings is 3. The smallest absolute Gasteiger partial charge is 0.348 e. The lowest BCUT2D eigenvalue weighted by Gasteiger charge is -2.40. The summed E-state index contributed by atoms with van der Waals surface area (Å²) in [5.41, 5.74) is 1.37. The lowest BCUT2D eigenvalue weighted by atomic mass is 10.0. The molecule has 6 nitrogen and oxygen atoms in total. The number of hydrogen-bond donors (Lipinski definition) is 1. The Morgan fingerprint density at radius 3 is 2.19 bits per heavy atom. The minimum absolute atomic E-state index is 0. The molecule has 10 heteroatoms. The number of aromatic nitrogens is 2. The minimum atomic E-state index is -4.42. The number of hydrogen-bond acceptors (Lipinski definition) is 4. The van der Waals surface area contributed by atoms with E-state index in [0.29, 0.717) is 25.3 Å². The number of fused-ring (bicyclic) bond motifs is 1. The third kappa shape index (κ3) is 5.46. The van der Waals surface area contributed by atoms with Gasteiger partial charge in [0.15, 0.2) is 5.82 Å². The Balaban J connectivity index is 0.00000320. The summed E-state index contributed by atoms with van der Waals surface area (Å²) in [6.07, 6.45) is -4.42. The molecule has 1 fully saturated rings. The average Bonchev–Trinajstić information content (AvgIpc) is 2.88. The van der Waals surface area contributed by atoms with Crippen LogP contribution in [0.2, 0.25) is 0 Å². The number of piperazine rings is 1. The molecule has 0 aliphatic carbocycles. The second-order valence-corrected chi connectivity index (χ2v) is 8.78. The summed E-state index contributed by atoms with van der Waals surface area (Å²) < 4.78 is 38.4. The average molecular weight is 528 g/mol. The summed E-state index contributed by atoms with van der Waals surface area (Å²) >= 11 is 0. The van der Waals surface area contributed by atoms with Gasteiger partial charge in [-0.1, -0.05) is 54.6 Å². The predicted molar refractivity (Wildman–Crippen MR) is 141 cm³/mol. The molecular formula is C27H25ClF3N5O. The Labute approximate surface area is 218 Å². The van der Waals surface area contributed by atoms with Gasteiger partial charge in [-0.25, -0.2) is 4.79 Å². The maximum Gasteiger partial charge on any atom is 0.416 e. The molecule has 1 aliphatic rings. The molecule has 0 spiro atoms. The van der Waals surface area contributed by atoms with E-state index >= 15 is 0 Å². The SMILES string of the molecule is C[C@H]1CN(C(=O)Nc2ccc(C(F)(F)F)cc2)CCN1c1nnc(-c2ccccc2)c2ccccc12.Cl. The second-order valence-electron chi connectivity index (χ2n) is 8.78. The molecule has 0 radical (unpaired) electrons. The summed E-state index contributed by atoms with van der Waals surface area (Å²) in [4.78, 5) is 16.6. The predicted octanol–water partition coefficient (Wildman–Crippen LogP) is 6.48. The van der Waals surface area contributed by atoms with E-state index in [2.05, 4.69) is 20.4 Å². The maximum atomic E-state index is 12.8. The van der Waals surface area contributed by atoms with E-state index < -0.39 is 11.7 Å². The van der Waals surface area contributed by atoms with Gasteiger partial charge < -0.3 is 15.1 Å². The molecule has 4 aromatic rings. The number of alkyl halides is 3. The Bertz CT molecular complexity index is 1380. The number of rotatable bonds is 3. The van der Waals surface area contributed by atoms with Crippen molar-refractivity contribution >= 4 is 40.7 Å². The Morgan fingerprint density at radius 2 is 1.54 bits per heavy atom. The fourth-order valence-corrected chi connectivity index (χ4v) is 4.51. The number of carbonyl (C=O) groups excluding carboxylic acids is 1. The van der Waals surface area contributed by atoms with E-state index in [1.807, 2.05) is 61.5 Å². The van der Waals surface area contributed by atoms with Crippen LogP contribution in [0.4, 0.5) is 29.5 Å². The number of anilines is 2. The molecule has 2 heterocycles. The molecule has 1 aromatic heterocycles. The van der Waals surface area contributed by atoms with Gasteiger partial charge in [-0.15, -0.1) is 22.6 Å². The van der Waals surface area contributed by atoms with Crippen LogP contribution >= 0.6 is 12.4 Å². The number of halogens is 4. The number of carbonyl (C=O) groups is 1. The van der Waals surface area contributed by atoms with Gasteiger partial charge in [-0.05, 0) is 31.2 Å². The molecule has 2 amide bonds. The van der Waals surface area contributed by atoms with Crippen LogP contribution in [0.5, 0.6) is 0 Å². The van der Waals surface area contributed by atoms with Crippen molar-refractivity contribution in [1.29, 1.82) is 0 Å². The van der Waals surface area contributed by atoms with E-state index in [-0.39, 0.29) is 24.5 Å². The van der Waals surface area contributed by atoms with E-state index in [1.165, 1.54) is 12.1 Å². The summed E-state index contributed by atoms with van der Waals surface area (Å²) in [7, 11) is 0. The second kappa shape index (κ2) is 10.6. The van der Waals surface area contributed by atoms with Gasteiger partial charge in [-0.2, -0.15) is 13.2 Å². The third-order valence-corrected chi connectivity index (χ3v) is 6.37. The molecular weight excluding hydrogens is 503 g/mol. The van der Waals surface area contributed by atoms with Crippen LogP contribution in [0.25, 0.3) is 22.0 Å². The van der Waals surface area contributed by atoms with Crippen molar-refractivity contribution in [3.63, 3.8) is 0 Å². The van der Waals surface area contributed by atoms with Gasteiger partial charge in [0.05, 0.1) is 5.56 Å². The molecule has 1 N–H and O–H groups in total. The van der Waals surface area contributed by atoms with Crippen molar-refractivity contribution in [2.24, 2.45) is 0 Å². The molecule has 0 saturated carbocycles. The Morgan fingerprint density at radius 1 is 0.892 bits per heavy atom. The quantitative estimate of drug-likeness (QED) is 0.331. The zero-order valence-corrected chi connectivity index (χ0v) is 20.8. The number of amides is 2. The van der Waals surface area contributed by atoms with E-state index in [1.54, 1.807) is 4.90 Å². The largest absolute Gasteiger partial charge is 0.416 e. The van der Waals surface area contributed by atoms with Crippen LogP contribution in [-0.2, 0) is 6.18 Å². The normalized spacial score (nSPS) is 15.8. The minimum Gasteiger partial charge on any atom is -0.348 e. The van der Waals surface area contributed by atoms with Crippen molar-refractivity contribution in [2.75, 3.05) is 29.9 Å². The van der Waals surface area contributed by atoms with Crippen molar-refractivity contribution in [3.05, 3.63) is 84.4 Å². The maximum absolute atomic E-state index is 12.8. The lowest BCUT2D eigenvalue weighted by molar-refractivity contribution is -0.137. The van der Waals surface area contributed by atoms with E-state index in [9.17, 15) is 18.0 Å². The monoisotopic (exact) mass is 527 g/mol. The zero-order chi connectivity index (χ0) is 25.3. The molecule has 1 saturated heterocycles. The fraction of sp³-hybridized carbons (Fsp3) is 0.222. The summed E-state index contributed by atoms with van der Waals surface area (Å²) in [5.74, 6) is 0.764. The highest BCUT2D eigenvalue weighted by molar-refractivity contribution is 6.00. The first-order valence-electron chi connectivity index (χ1n) is 11.6. The standard InChI is InChI=1S/C27H24F3N5O.ClH/c1-18-17-34(26(36)31-21-13-11-20(12-14-21)27(28,29)30)15-16-35(18)25-23-10-6-5-9-22(23)24(32-33-25)19-7-3-2-4-8-19;/h2-14,18H,15-17H2,1H3,(H,31,36);1H/t18-;/m0./s1. The third-order valence-electron chi connectivity index (χ3n) is 6.37. The van der Waals surface area contributed by atoms with E-state index in [0.717, 1.165) is 40.0 Å². The highest BCUT2D eigenvalue weighted by Gasteiger charge is 2.31. The van der Waals surface area contributed by atoms with Crippen molar-refractivity contribution < 1.29 is 18.0 Å². The molecule has 37 heavy (non-hydrogen) atoms. The van der Waals surface area contributed by atoms with Crippen molar-refractivity contribution in [2.45, 2.75) is 19.1 Å². The topological polar surface area (TPSA) is 61.4 Å². The molecule has 5 rings (SSSR count). The molecule has 0 unspecified atom stereocenters. The fourth-order valence-electron chi connectivity index (χ4n) is 4.51. The Kier molecular flexibility index (Phi) is 7.54. The van der Waals surface area contributed by atoms with Crippen LogP contribution in [0.1, 0.15) is 12.5 Å². The van der Waals surface area contributed by atoms with Gasteiger partial charge in [0.2, 0.25) is 0 Å². The number of urea groups is 1. The summed E-state index contributed by atoms with van der Waals surface area (Å²) in [5, 5.41) is 13.8. The molecule has 192 valence electrons. The molecule has 0 bridgehead atoms. The van der Waals surface area contributed by atoms with Gasteiger partial charge in [0, 0.05) is 47.7 Å². The highest BCUT2D eigenvalue weighted by Crippen LogP contribution is 2.33. The van der Waals surface area contributed by atoms with Gasteiger partial charge in [0.1, 0.15) is 5.69 Å². The molecule has 1 atom stereocenters. The number of nitrogens with zero attached hydrogens (tertiary/aromatic N) is 4. The van der Waals surface area contributed by atoms with Crippen LogP contribution in [0, 0.1) is 0 Å². The van der Waals surface area contributed by atoms with Crippen LogP contribution in [0.15, 0.2) is 78.9 Å². The Hall–Kier alpha value is -3.85. The zero-order valence-electron chi connectivity index (χ0n) is 19.9. The first-order valence-corrected chi connectivity index (χ1v) is 11.6. The molecule has 1 aliphatic heterocycles. The summed E-state index contributed by atoms with van der Waals surface area (Å²) in [6.45, 7) is 3.43. The van der Waals surface area contributed by atoms with Crippen LogP contribution in [0.3, 0.4) is 0 Å². The van der Waals surface area contributed by atoms with Gasteiger partial charge in [-0.3, -0.25) is 0 Å². The lowest BCUT2D eigenvalue weighted by Crippen LogP contribution is -2.55. The molecule has 3 aromatic carbocycles. The van der Waals surface area contributed by atoms with Gasteiger partial charge >= 0.3 is 12.2 Å². The van der Waals surface area contributed by atoms with Crippen molar-refractivity contribution in [1.82, 2.24) is 15.1 Å². The number of nitrogens with one attached hydrogen (secondary N) is 1. The van der Waals surface area contributed by atoms with Crippen LogP contribution in [-0.4, -0.2) is 46.8 Å².